The summed E-state index contributed by atoms with van der Waals surface area (Å²) in [6.07, 6.45) is 8.78. The van der Waals surface area contributed by atoms with Crippen molar-refractivity contribution in [1.82, 2.24) is 29.6 Å². The number of carbonyl (C=O) groups is 2. The number of nitrogens with zero attached hydrogens (tertiary/aromatic N) is 6. The molecule has 1 saturated heterocycles. The first-order valence-corrected chi connectivity index (χ1v) is 8.39. The van der Waals surface area contributed by atoms with Crippen molar-refractivity contribution in [3.05, 3.63) is 30.1 Å². The number of carbonyl (C=O) groups excluding carboxylic acids is 2. The zero-order chi connectivity index (χ0) is 17.6. The van der Waals surface area contributed by atoms with Crippen LogP contribution in [-0.2, 0) is 11.3 Å². The van der Waals surface area contributed by atoms with E-state index in [4.69, 9.17) is 0 Å². The van der Waals surface area contributed by atoms with E-state index in [0.717, 1.165) is 31.6 Å². The van der Waals surface area contributed by atoms with Crippen LogP contribution in [0.1, 0.15) is 41.9 Å². The third-order valence-electron chi connectivity index (χ3n) is 4.03. The van der Waals surface area contributed by atoms with Crippen LogP contribution in [0.3, 0.4) is 0 Å². The van der Waals surface area contributed by atoms with Gasteiger partial charge in [0.1, 0.15) is 18.6 Å². The first-order chi connectivity index (χ1) is 12.1. The van der Waals surface area contributed by atoms with E-state index in [0.29, 0.717) is 0 Å². The van der Waals surface area contributed by atoms with Gasteiger partial charge in [-0.2, -0.15) is 0 Å². The molecule has 9 nitrogen and oxygen atoms in total. The van der Waals surface area contributed by atoms with Crippen LogP contribution < -0.4 is 5.32 Å². The first-order valence-electron chi connectivity index (χ1n) is 8.39. The molecule has 2 aromatic rings. The second kappa shape index (κ2) is 7.82. The minimum Gasteiger partial charge on any atom is -0.341 e. The highest BCUT2D eigenvalue weighted by molar-refractivity contribution is 6.01. The molecule has 9 heteroatoms. The van der Waals surface area contributed by atoms with Gasteiger partial charge in [0.25, 0.3) is 5.91 Å². The Bertz CT molecular complexity index is 733. The van der Waals surface area contributed by atoms with E-state index >= 15 is 0 Å². The third kappa shape index (κ3) is 4.59. The van der Waals surface area contributed by atoms with Crippen LogP contribution in [-0.4, -0.2) is 54.5 Å². The number of aromatic nitrogens is 5. The lowest BCUT2D eigenvalue weighted by molar-refractivity contribution is -0.132. The van der Waals surface area contributed by atoms with E-state index in [-0.39, 0.29) is 24.1 Å². The lowest BCUT2D eigenvalue weighted by atomic mass is 10.2. The highest BCUT2D eigenvalue weighted by Gasteiger charge is 2.17. The van der Waals surface area contributed by atoms with Gasteiger partial charge < -0.3 is 4.90 Å². The molecule has 0 radical (unpaired) electrons. The average Bonchev–Trinajstić information content (AvgIpc) is 2.86. The van der Waals surface area contributed by atoms with Gasteiger partial charge in [0, 0.05) is 19.3 Å². The fourth-order valence-electron chi connectivity index (χ4n) is 2.66. The highest BCUT2D eigenvalue weighted by Crippen LogP contribution is 2.10. The van der Waals surface area contributed by atoms with Crippen LogP contribution in [0, 0.1) is 6.92 Å². The summed E-state index contributed by atoms with van der Waals surface area (Å²) in [6, 6.07) is 0. The molecule has 2 amide bonds. The first kappa shape index (κ1) is 17.0. The second-order valence-electron chi connectivity index (χ2n) is 6.06. The quantitative estimate of drug-likeness (QED) is 0.889. The van der Waals surface area contributed by atoms with Crippen LogP contribution in [0.2, 0.25) is 0 Å². The van der Waals surface area contributed by atoms with Crippen molar-refractivity contribution >= 4 is 17.8 Å². The largest absolute Gasteiger partial charge is 0.341 e. The maximum Gasteiger partial charge on any atom is 0.278 e. The molecule has 1 aliphatic heterocycles. The van der Waals surface area contributed by atoms with Crippen LogP contribution >= 0.6 is 0 Å². The lowest BCUT2D eigenvalue weighted by Gasteiger charge is -2.19. The third-order valence-corrected chi connectivity index (χ3v) is 4.03. The molecule has 0 saturated carbocycles. The van der Waals surface area contributed by atoms with Gasteiger partial charge in [0.05, 0.1) is 11.9 Å². The lowest BCUT2D eigenvalue weighted by Crippen LogP contribution is -2.34. The number of likely N-dealkylation sites (tertiary alicyclic amines) is 1. The molecule has 3 rings (SSSR count). The highest BCUT2D eigenvalue weighted by atomic mass is 16.2. The molecule has 0 unspecified atom stereocenters. The van der Waals surface area contributed by atoms with Crippen molar-refractivity contribution in [2.24, 2.45) is 0 Å². The molecule has 2 aromatic heterocycles. The molecule has 1 N–H and O–H groups in total. The fourth-order valence-corrected chi connectivity index (χ4v) is 2.66. The van der Waals surface area contributed by atoms with Crippen molar-refractivity contribution < 1.29 is 9.59 Å². The fraction of sp³-hybridized carbons (Fsp3) is 0.500. The van der Waals surface area contributed by atoms with Crippen molar-refractivity contribution in [3.63, 3.8) is 0 Å². The van der Waals surface area contributed by atoms with Crippen LogP contribution in [0.4, 0.5) is 5.95 Å². The normalized spacial score (nSPS) is 14.8. The van der Waals surface area contributed by atoms with Crippen LogP contribution in [0.25, 0.3) is 0 Å². The molecule has 3 heterocycles. The second-order valence-corrected chi connectivity index (χ2v) is 6.06. The summed E-state index contributed by atoms with van der Waals surface area (Å²) in [5.41, 5.74) is 0.911. The van der Waals surface area contributed by atoms with Gasteiger partial charge in [-0.1, -0.05) is 12.8 Å². The molecule has 0 bridgehead atoms. The van der Waals surface area contributed by atoms with Gasteiger partial charge >= 0.3 is 0 Å². The summed E-state index contributed by atoms with van der Waals surface area (Å²) >= 11 is 0. The minimum absolute atomic E-state index is 0.0223. The standard InChI is InChI=1S/C16H21N7O2/c1-12-8-18-13(9-17-12)15(25)20-16-19-11-23(21-16)10-14(24)22-6-4-2-3-5-7-22/h8-9,11H,2-7,10H2,1H3,(H,20,21,25). The van der Waals surface area contributed by atoms with Gasteiger partial charge in [-0.15, -0.1) is 5.10 Å². The zero-order valence-electron chi connectivity index (χ0n) is 14.2. The molecule has 0 aliphatic carbocycles. The number of aryl methyl sites for hydroxylation is 1. The SMILES string of the molecule is Cc1cnc(C(=O)Nc2ncn(CC(=O)N3CCCCCC3)n2)cn1. The van der Waals surface area contributed by atoms with Gasteiger partial charge in [-0.25, -0.2) is 14.6 Å². The molecule has 0 atom stereocenters. The van der Waals surface area contributed by atoms with Gasteiger partial charge in [0.15, 0.2) is 0 Å². The molecule has 1 fully saturated rings. The molecular formula is C16H21N7O2. The Kier molecular flexibility index (Phi) is 5.32. The number of amides is 2. The van der Waals surface area contributed by atoms with E-state index in [9.17, 15) is 9.59 Å². The summed E-state index contributed by atoms with van der Waals surface area (Å²) in [5.74, 6) is -0.283. The minimum atomic E-state index is -0.441. The molecule has 25 heavy (non-hydrogen) atoms. The Morgan fingerprint density at radius 1 is 1.08 bits per heavy atom. The van der Waals surface area contributed by atoms with Gasteiger partial charge in [-0.3, -0.25) is 19.9 Å². The number of nitrogens with one attached hydrogen (secondary N) is 1. The predicted molar refractivity (Wildman–Crippen MR) is 89.8 cm³/mol. The van der Waals surface area contributed by atoms with Crippen LogP contribution in [0.5, 0.6) is 0 Å². The van der Waals surface area contributed by atoms with Crippen molar-refractivity contribution in [1.29, 1.82) is 0 Å². The Hall–Kier alpha value is -2.84. The van der Waals surface area contributed by atoms with E-state index in [1.54, 1.807) is 6.92 Å². The van der Waals surface area contributed by atoms with Crippen molar-refractivity contribution in [3.8, 4) is 0 Å². The van der Waals surface area contributed by atoms with Gasteiger partial charge in [-0.05, 0) is 19.8 Å². The summed E-state index contributed by atoms with van der Waals surface area (Å²) in [7, 11) is 0. The van der Waals surface area contributed by atoms with E-state index < -0.39 is 5.91 Å². The molecule has 132 valence electrons. The Morgan fingerprint density at radius 2 is 1.84 bits per heavy atom. The number of hydrogen-bond donors (Lipinski definition) is 1. The maximum absolute atomic E-state index is 12.3. The van der Waals surface area contributed by atoms with Crippen molar-refractivity contribution in [2.45, 2.75) is 39.2 Å². The van der Waals surface area contributed by atoms with E-state index in [1.165, 1.54) is 36.2 Å². The number of rotatable bonds is 4. The maximum atomic E-state index is 12.3. The smallest absolute Gasteiger partial charge is 0.278 e. The predicted octanol–water partition coefficient (Wildman–Crippen LogP) is 1.03. The summed E-state index contributed by atoms with van der Waals surface area (Å²) < 4.78 is 1.43. The molecule has 1 aliphatic rings. The zero-order valence-corrected chi connectivity index (χ0v) is 14.2. The summed E-state index contributed by atoms with van der Waals surface area (Å²) in [5, 5.41) is 6.68. The molecule has 0 spiro atoms. The Morgan fingerprint density at radius 3 is 2.52 bits per heavy atom. The van der Waals surface area contributed by atoms with E-state index in [1.807, 2.05) is 4.90 Å². The molecular weight excluding hydrogens is 322 g/mol. The topological polar surface area (TPSA) is 106 Å². The van der Waals surface area contributed by atoms with Crippen molar-refractivity contribution in [2.75, 3.05) is 18.4 Å². The Labute approximate surface area is 145 Å². The van der Waals surface area contributed by atoms with Gasteiger partial charge in [0.2, 0.25) is 11.9 Å². The van der Waals surface area contributed by atoms with Crippen LogP contribution in [0.15, 0.2) is 18.7 Å². The van der Waals surface area contributed by atoms with E-state index in [2.05, 4.69) is 25.4 Å². The number of anilines is 1. The average molecular weight is 343 g/mol. The molecule has 0 aromatic carbocycles. The summed E-state index contributed by atoms with van der Waals surface area (Å²) in [4.78, 5) is 38.3. The number of hydrogen-bond acceptors (Lipinski definition) is 6. The summed E-state index contributed by atoms with van der Waals surface area (Å²) in [6.45, 7) is 3.50. The monoisotopic (exact) mass is 343 g/mol. The Balaban J connectivity index is 1.57.